The second-order valence-corrected chi connectivity index (χ2v) is 6.30. The van der Waals surface area contributed by atoms with Crippen molar-refractivity contribution in [1.29, 1.82) is 0 Å². The van der Waals surface area contributed by atoms with Crippen molar-refractivity contribution in [2.24, 2.45) is 11.7 Å². The molecular weight excluding hydrogens is 276 g/mol. The Morgan fingerprint density at radius 1 is 1.27 bits per heavy atom. The Balaban J connectivity index is 1.80. The molecule has 0 radical (unpaired) electrons. The van der Waals surface area contributed by atoms with Crippen LogP contribution in [0.2, 0.25) is 0 Å². The number of hydrogen-bond acceptors (Lipinski definition) is 4. The summed E-state index contributed by atoms with van der Waals surface area (Å²) < 4.78 is 5.31. The second kappa shape index (κ2) is 6.63. The van der Waals surface area contributed by atoms with Crippen LogP contribution in [0, 0.1) is 5.92 Å². The number of rotatable bonds is 4. The number of pyridine rings is 1. The third kappa shape index (κ3) is 3.23. The van der Waals surface area contributed by atoms with Crippen LogP contribution in [-0.4, -0.2) is 29.3 Å². The minimum Gasteiger partial charge on any atom is -0.497 e. The number of aromatic nitrogens is 1. The van der Waals surface area contributed by atoms with Gasteiger partial charge in [0.1, 0.15) is 5.75 Å². The van der Waals surface area contributed by atoms with E-state index in [1.165, 1.54) is 0 Å². The van der Waals surface area contributed by atoms with Gasteiger partial charge in [0.15, 0.2) is 0 Å². The largest absolute Gasteiger partial charge is 0.497 e. The molecule has 0 amide bonds. The first-order chi connectivity index (χ1) is 10.7. The third-order valence-electron chi connectivity index (χ3n) is 4.83. The first-order valence-corrected chi connectivity index (χ1v) is 8.02. The quantitative estimate of drug-likeness (QED) is 0.911. The first-order valence-electron chi connectivity index (χ1n) is 8.02. The van der Waals surface area contributed by atoms with Crippen molar-refractivity contribution in [2.45, 2.75) is 44.2 Å². The van der Waals surface area contributed by atoms with Crippen LogP contribution in [0.4, 0.5) is 0 Å². The third-order valence-corrected chi connectivity index (χ3v) is 4.83. The van der Waals surface area contributed by atoms with Gasteiger partial charge < -0.3 is 15.6 Å². The topological polar surface area (TPSA) is 68.4 Å². The van der Waals surface area contributed by atoms with Crippen LogP contribution in [0.15, 0.2) is 30.5 Å². The summed E-state index contributed by atoms with van der Waals surface area (Å²) in [5, 5.41) is 11.7. The summed E-state index contributed by atoms with van der Waals surface area (Å²) in [6, 6.07) is 8.19. The van der Waals surface area contributed by atoms with E-state index in [2.05, 4.69) is 4.98 Å². The molecule has 4 heteroatoms. The van der Waals surface area contributed by atoms with Gasteiger partial charge in [-0.15, -0.1) is 0 Å². The van der Waals surface area contributed by atoms with Crippen molar-refractivity contribution < 1.29 is 9.84 Å². The average molecular weight is 300 g/mol. The highest BCUT2D eigenvalue weighted by molar-refractivity contribution is 5.83. The van der Waals surface area contributed by atoms with Gasteiger partial charge in [-0.3, -0.25) is 4.98 Å². The van der Waals surface area contributed by atoms with Crippen molar-refractivity contribution in [3.05, 3.63) is 36.0 Å². The number of aliphatic hydroxyl groups is 1. The Hall–Kier alpha value is -1.65. The molecule has 1 fully saturated rings. The predicted octanol–water partition coefficient (Wildman–Crippen LogP) is 2.66. The summed E-state index contributed by atoms with van der Waals surface area (Å²) in [5.41, 5.74) is 8.02. The molecular formula is C18H24N2O2. The van der Waals surface area contributed by atoms with Gasteiger partial charge in [0.05, 0.1) is 18.7 Å². The second-order valence-electron chi connectivity index (χ2n) is 6.30. The molecule has 1 heterocycles. The van der Waals surface area contributed by atoms with E-state index in [1.54, 1.807) is 7.11 Å². The number of aliphatic hydroxyl groups excluding tert-OH is 1. The molecule has 4 nitrogen and oxygen atoms in total. The Labute approximate surface area is 131 Å². The molecule has 1 aliphatic rings. The monoisotopic (exact) mass is 300 g/mol. The lowest BCUT2D eigenvalue weighted by molar-refractivity contribution is 0.0819. The molecule has 0 unspecified atom stereocenters. The molecule has 1 aliphatic carbocycles. The highest BCUT2D eigenvalue weighted by Crippen LogP contribution is 2.29. The maximum absolute atomic E-state index is 10.6. The lowest BCUT2D eigenvalue weighted by atomic mass is 9.81. The van der Waals surface area contributed by atoms with Gasteiger partial charge in [0.2, 0.25) is 0 Å². The number of ether oxygens (including phenoxy) is 1. The smallest absolute Gasteiger partial charge is 0.119 e. The number of hydrogen-bond donors (Lipinski definition) is 2. The SMILES string of the molecule is COc1ccc2nccc(C[C@H](O)[C@H]3CC[C@H](N)CC3)c2c1. The maximum atomic E-state index is 10.6. The number of nitrogens with zero attached hydrogens (tertiary/aromatic N) is 1. The molecule has 118 valence electrons. The summed E-state index contributed by atoms with van der Waals surface area (Å²) in [6.07, 6.45) is 6.24. The van der Waals surface area contributed by atoms with Crippen LogP contribution in [0.25, 0.3) is 10.9 Å². The number of benzene rings is 1. The van der Waals surface area contributed by atoms with Gasteiger partial charge in [-0.1, -0.05) is 0 Å². The Morgan fingerprint density at radius 2 is 2.05 bits per heavy atom. The molecule has 0 aliphatic heterocycles. The zero-order valence-electron chi connectivity index (χ0n) is 13.0. The van der Waals surface area contributed by atoms with Gasteiger partial charge in [-0.2, -0.15) is 0 Å². The zero-order valence-corrected chi connectivity index (χ0v) is 13.0. The molecule has 22 heavy (non-hydrogen) atoms. The molecule has 2 aromatic rings. The van der Waals surface area contributed by atoms with Gasteiger partial charge in [-0.25, -0.2) is 0 Å². The molecule has 3 rings (SSSR count). The van der Waals surface area contributed by atoms with Crippen molar-refractivity contribution in [2.75, 3.05) is 7.11 Å². The van der Waals surface area contributed by atoms with E-state index in [0.717, 1.165) is 47.9 Å². The molecule has 0 bridgehead atoms. The molecule has 0 saturated heterocycles. The van der Waals surface area contributed by atoms with E-state index >= 15 is 0 Å². The van der Waals surface area contributed by atoms with Crippen LogP contribution >= 0.6 is 0 Å². The van der Waals surface area contributed by atoms with Crippen LogP contribution < -0.4 is 10.5 Å². The van der Waals surface area contributed by atoms with Gasteiger partial charge in [0, 0.05) is 17.6 Å². The van der Waals surface area contributed by atoms with E-state index in [1.807, 2.05) is 30.5 Å². The van der Waals surface area contributed by atoms with Gasteiger partial charge in [-0.05, 0) is 67.9 Å². The van der Waals surface area contributed by atoms with Crippen LogP contribution in [-0.2, 0) is 6.42 Å². The first kappa shape index (κ1) is 15.3. The van der Waals surface area contributed by atoms with Gasteiger partial charge in [0.25, 0.3) is 0 Å². The highest BCUT2D eigenvalue weighted by atomic mass is 16.5. The summed E-state index contributed by atoms with van der Waals surface area (Å²) in [6.45, 7) is 0. The summed E-state index contributed by atoms with van der Waals surface area (Å²) in [7, 11) is 1.66. The van der Waals surface area contributed by atoms with Crippen molar-refractivity contribution in [3.8, 4) is 5.75 Å². The molecule has 1 saturated carbocycles. The Morgan fingerprint density at radius 3 is 2.77 bits per heavy atom. The molecule has 1 aromatic carbocycles. The molecule has 3 N–H and O–H groups in total. The highest BCUT2D eigenvalue weighted by Gasteiger charge is 2.25. The van der Waals surface area contributed by atoms with Crippen molar-refractivity contribution in [3.63, 3.8) is 0 Å². The zero-order chi connectivity index (χ0) is 15.5. The fourth-order valence-electron chi connectivity index (χ4n) is 3.41. The van der Waals surface area contributed by atoms with Gasteiger partial charge >= 0.3 is 0 Å². The molecule has 1 aromatic heterocycles. The fraction of sp³-hybridized carbons (Fsp3) is 0.500. The Kier molecular flexibility index (Phi) is 4.60. The standard InChI is InChI=1S/C18H24N2O2/c1-22-15-6-7-17-16(11-15)13(8-9-20-17)10-18(21)12-2-4-14(19)5-3-12/h6-9,11-12,14,18,21H,2-5,10,19H2,1H3/t12-,14-,18-/m0/s1. The van der Waals surface area contributed by atoms with Crippen molar-refractivity contribution >= 4 is 10.9 Å². The van der Waals surface area contributed by atoms with Crippen molar-refractivity contribution in [1.82, 2.24) is 4.98 Å². The maximum Gasteiger partial charge on any atom is 0.119 e. The number of nitrogens with two attached hydrogens (primary N) is 1. The summed E-state index contributed by atoms with van der Waals surface area (Å²) in [4.78, 5) is 4.39. The lowest BCUT2D eigenvalue weighted by Gasteiger charge is -2.30. The summed E-state index contributed by atoms with van der Waals surface area (Å²) in [5.74, 6) is 1.17. The lowest BCUT2D eigenvalue weighted by Crippen LogP contribution is -2.32. The summed E-state index contributed by atoms with van der Waals surface area (Å²) >= 11 is 0. The predicted molar refractivity (Wildman–Crippen MR) is 87.9 cm³/mol. The normalized spacial score (nSPS) is 23.4. The van der Waals surface area contributed by atoms with Crippen LogP contribution in [0.3, 0.4) is 0 Å². The van der Waals surface area contributed by atoms with E-state index in [-0.39, 0.29) is 6.10 Å². The van der Waals surface area contributed by atoms with E-state index < -0.39 is 0 Å². The number of fused-ring (bicyclic) bond motifs is 1. The molecule has 1 atom stereocenters. The number of methoxy groups -OCH3 is 1. The minimum absolute atomic E-state index is 0.314. The average Bonchev–Trinajstić information content (AvgIpc) is 2.55. The Bertz CT molecular complexity index is 636. The fourth-order valence-corrected chi connectivity index (χ4v) is 3.41. The molecule has 0 spiro atoms. The van der Waals surface area contributed by atoms with E-state index in [4.69, 9.17) is 10.5 Å². The van der Waals surface area contributed by atoms with E-state index in [0.29, 0.717) is 18.4 Å². The van der Waals surface area contributed by atoms with Crippen LogP contribution in [0.1, 0.15) is 31.2 Å². The van der Waals surface area contributed by atoms with E-state index in [9.17, 15) is 5.11 Å². The minimum atomic E-state index is -0.315. The van der Waals surface area contributed by atoms with Crippen LogP contribution in [0.5, 0.6) is 5.75 Å².